The second kappa shape index (κ2) is 5.13. The van der Waals surface area contributed by atoms with Gasteiger partial charge in [0.25, 0.3) is 0 Å². The monoisotopic (exact) mass is 294 g/mol. The van der Waals surface area contributed by atoms with Crippen LogP contribution in [0.5, 0.6) is 0 Å². The fourth-order valence-corrected chi connectivity index (χ4v) is 4.63. The van der Waals surface area contributed by atoms with Gasteiger partial charge in [-0.05, 0) is 42.0 Å². The maximum absolute atomic E-state index is 12.9. The van der Waals surface area contributed by atoms with Crippen LogP contribution in [0.15, 0.2) is 23.1 Å². The number of rotatable bonds is 5. The molecule has 1 saturated carbocycles. The molecule has 1 N–H and O–H groups in total. The number of nitrogens with one attached hydrogen (secondary N) is 1. The highest BCUT2D eigenvalue weighted by Crippen LogP contribution is 2.33. The van der Waals surface area contributed by atoms with Crippen molar-refractivity contribution in [1.82, 2.24) is 9.62 Å². The van der Waals surface area contributed by atoms with Gasteiger partial charge in [0.2, 0.25) is 10.0 Å². The molecule has 0 saturated heterocycles. The minimum atomic E-state index is -3.35. The molecule has 20 heavy (non-hydrogen) atoms. The topological polar surface area (TPSA) is 49.4 Å². The lowest BCUT2D eigenvalue weighted by Crippen LogP contribution is -2.36. The quantitative estimate of drug-likeness (QED) is 0.905. The molecule has 1 aliphatic heterocycles. The van der Waals surface area contributed by atoms with Crippen molar-refractivity contribution in [2.24, 2.45) is 5.92 Å². The molecular weight excluding hydrogens is 272 g/mol. The van der Waals surface area contributed by atoms with Gasteiger partial charge in [-0.2, -0.15) is 4.31 Å². The predicted molar refractivity (Wildman–Crippen MR) is 78.7 cm³/mol. The van der Waals surface area contributed by atoms with Gasteiger partial charge in [0.05, 0.1) is 4.90 Å². The molecule has 1 heterocycles. The van der Waals surface area contributed by atoms with Crippen molar-refractivity contribution in [1.29, 1.82) is 0 Å². The van der Waals surface area contributed by atoms with Gasteiger partial charge in [-0.1, -0.05) is 19.9 Å². The van der Waals surface area contributed by atoms with Gasteiger partial charge in [0, 0.05) is 25.7 Å². The molecule has 0 aromatic heterocycles. The van der Waals surface area contributed by atoms with E-state index in [4.69, 9.17) is 0 Å². The van der Waals surface area contributed by atoms with Crippen molar-refractivity contribution in [3.63, 3.8) is 0 Å². The standard InChI is InChI=1S/C15H22N2O2S/c1-11(2)10-17(14-4-5-14)20(18,19)15-6-3-12-8-16-9-13(12)7-15/h3,6-7,11,14,16H,4-5,8-10H2,1-2H3. The van der Waals surface area contributed by atoms with Crippen LogP contribution >= 0.6 is 0 Å². The van der Waals surface area contributed by atoms with Crippen LogP contribution in [0.4, 0.5) is 0 Å². The predicted octanol–water partition coefficient (Wildman–Crippen LogP) is 2.10. The molecule has 1 aliphatic carbocycles. The van der Waals surface area contributed by atoms with Crippen molar-refractivity contribution in [3.8, 4) is 0 Å². The fourth-order valence-electron chi connectivity index (χ4n) is 2.73. The van der Waals surface area contributed by atoms with Gasteiger partial charge in [-0.25, -0.2) is 8.42 Å². The second-order valence-electron chi connectivity index (χ2n) is 6.23. The zero-order chi connectivity index (χ0) is 14.3. The van der Waals surface area contributed by atoms with Crippen LogP contribution in [0.1, 0.15) is 37.8 Å². The fraction of sp³-hybridized carbons (Fsp3) is 0.600. The Bertz CT molecular complexity index is 606. The summed E-state index contributed by atoms with van der Waals surface area (Å²) in [6, 6.07) is 5.77. The van der Waals surface area contributed by atoms with Gasteiger partial charge < -0.3 is 5.32 Å². The lowest BCUT2D eigenvalue weighted by atomic mass is 10.1. The molecule has 2 aliphatic rings. The lowest BCUT2D eigenvalue weighted by Gasteiger charge is -2.24. The Morgan fingerprint density at radius 2 is 1.95 bits per heavy atom. The summed E-state index contributed by atoms with van der Waals surface area (Å²) in [4.78, 5) is 0.451. The number of hydrogen-bond donors (Lipinski definition) is 1. The molecule has 3 rings (SSSR count). The van der Waals surface area contributed by atoms with Crippen LogP contribution < -0.4 is 5.32 Å². The summed E-state index contributed by atoms with van der Waals surface area (Å²) in [6.45, 7) is 6.36. The summed E-state index contributed by atoms with van der Waals surface area (Å²) in [6.07, 6.45) is 2.00. The van der Waals surface area contributed by atoms with Gasteiger partial charge in [0.15, 0.2) is 0 Å². The molecular formula is C15H22N2O2S. The Balaban J connectivity index is 1.93. The molecule has 1 fully saturated rings. The Kier molecular flexibility index (Phi) is 3.60. The zero-order valence-electron chi connectivity index (χ0n) is 12.1. The highest BCUT2D eigenvalue weighted by molar-refractivity contribution is 7.89. The second-order valence-corrected chi connectivity index (χ2v) is 8.12. The third-order valence-electron chi connectivity index (χ3n) is 3.91. The summed E-state index contributed by atoms with van der Waals surface area (Å²) in [5.41, 5.74) is 2.33. The number of nitrogens with zero attached hydrogens (tertiary/aromatic N) is 1. The first kappa shape index (κ1) is 14.0. The molecule has 0 amide bonds. The number of fused-ring (bicyclic) bond motifs is 1. The van der Waals surface area contributed by atoms with Crippen molar-refractivity contribution >= 4 is 10.0 Å². The maximum Gasteiger partial charge on any atom is 0.243 e. The van der Waals surface area contributed by atoms with Crippen molar-refractivity contribution in [2.45, 2.75) is 50.7 Å². The van der Waals surface area contributed by atoms with Crippen molar-refractivity contribution in [2.75, 3.05) is 6.54 Å². The van der Waals surface area contributed by atoms with Gasteiger partial charge in [0.1, 0.15) is 0 Å². The highest BCUT2D eigenvalue weighted by atomic mass is 32.2. The van der Waals surface area contributed by atoms with Crippen LogP contribution in [-0.2, 0) is 23.1 Å². The minimum Gasteiger partial charge on any atom is -0.309 e. The maximum atomic E-state index is 12.9. The van der Waals surface area contributed by atoms with Gasteiger partial charge in [-0.15, -0.1) is 0 Å². The third kappa shape index (κ3) is 2.62. The molecule has 110 valence electrons. The molecule has 0 spiro atoms. The van der Waals surface area contributed by atoms with Gasteiger partial charge in [-0.3, -0.25) is 0 Å². The average molecular weight is 294 g/mol. The van der Waals surface area contributed by atoms with E-state index in [1.54, 1.807) is 10.4 Å². The normalized spacial score (nSPS) is 18.8. The van der Waals surface area contributed by atoms with E-state index in [9.17, 15) is 8.42 Å². The van der Waals surface area contributed by atoms with E-state index in [1.807, 2.05) is 12.1 Å². The zero-order valence-corrected chi connectivity index (χ0v) is 12.9. The molecule has 4 nitrogen and oxygen atoms in total. The number of benzene rings is 1. The average Bonchev–Trinajstić information content (AvgIpc) is 3.12. The first-order valence-corrected chi connectivity index (χ1v) is 8.77. The summed E-state index contributed by atoms with van der Waals surface area (Å²) < 4.78 is 27.4. The Morgan fingerprint density at radius 1 is 1.25 bits per heavy atom. The van der Waals surface area contributed by atoms with Crippen LogP contribution in [0.2, 0.25) is 0 Å². The van der Waals surface area contributed by atoms with Crippen LogP contribution in [0, 0.1) is 5.92 Å². The summed E-state index contributed by atoms with van der Waals surface area (Å²) >= 11 is 0. The van der Waals surface area contributed by atoms with Crippen molar-refractivity contribution in [3.05, 3.63) is 29.3 Å². The van der Waals surface area contributed by atoms with Gasteiger partial charge >= 0.3 is 0 Å². The number of hydrogen-bond acceptors (Lipinski definition) is 3. The van der Waals surface area contributed by atoms with E-state index in [-0.39, 0.29) is 6.04 Å². The first-order valence-electron chi connectivity index (χ1n) is 7.33. The SMILES string of the molecule is CC(C)CN(C1CC1)S(=O)(=O)c1ccc2c(c1)CNC2. The van der Waals surface area contributed by atoms with E-state index in [0.717, 1.165) is 31.5 Å². The van der Waals surface area contributed by atoms with E-state index in [1.165, 1.54) is 5.56 Å². The van der Waals surface area contributed by atoms with Crippen LogP contribution in [0.3, 0.4) is 0 Å². The Labute approximate surface area is 121 Å². The summed E-state index contributed by atoms with van der Waals surface area (Å²) in [7, 11) is -3.35. The van der Waals surface area contributed by atoms with Crippen LogP contribution in [-0.4, -0.2) is 25.3 Å². The Morgan fingerprint density at radius 3 is 2.60 bits per heavy atom. The minimum absolute atomic E-state index is 0.216. The molecule has 1 aromatic carbocycles. The Hall–Kier alpha value is -0.910. The summed E-state index contributed by atoms with van der Waals surface area (Å²) in [5, 5.41) is 3.25. The third-order valence-corrected chi connectivity index (χ3v) is 5.83. The number of sulfonamides is 1. The van der Waals surface area contributed by atoms with Crippen molar-refractivity contribution < 1.29 is 8.42 Å². The van der Waals surface area contributed by atoms with E-state index < -0.39 is 10.0 Å². The molecule has 0 atom stereocenters. The van der Waals surface area contributed by atoms with E-state index in [0.29, 0.717) is 17.4 Å². The smallest absolute Gasteiger partial charge is 0.243 e. The summed E-state index contributed by atoms with van der Waals surface area (Å²) in [5.74, 6) is 0.349. The molecule has 0 radical (unpaired) electrons. The molecule has 5 heteroatoms. The van der Waals surface area contributed by atoms with Crippen LogP contribution in [0.25, 0.3) is 0 Å². The van der Waals surface area contributed by atoms with E-state index >= 15 is 0 Å². The lowest BCUT2D eigenvalue weighted by molar-refractivity contribution is 0.360. The molecule has 1 aromatic rings. The largest absolute Gasteiger partial charge is 0.309 e. The highest BCUT2D eigenvalue weighted by Gasteiger charge is 2.38. The van der Waals surface area contributed by atoms with E-state index in [2.05, 4.69) is 19.2 Å². The molecule has 0 bridgehead atoms. The molecule has 0 unspecified atom stereocenters. The first-order chi connectivity index (χ1) is 9.48.